The van der Waals surface area contributed by atoms with Gasteiger partial charge in [-0.15, -0.1) is 10.2 Å². The van der Waals surface area contributed by atoms with Crippen LogP contribution in [0.15, 0.2) is 90.0 Å². The van der Waals surface area contributed by atoms with Gasteiger partial charge in [0.15, 0.2) is 0 Å². The van der Waals surface area contributed by atoms with Gasteiger partial charge in [0.2, 0.25) is 9.81 Å². The molecule has 0 bridgehead atoms. The molecule has 0 aliphatic heterocycles. The Morgan fingerprint density at radius 1 is 0.871 bits per heavy atom. The Bertz CT molecular complexity index is 1260. The Morgan fingerprint density at radius 2 is 1.52 bits per heavy atom. The summed E-state index contributed by atoms with van der Waals surface area (Å²) in [7, 11) is 0. The summed E-state index contributed by atoms with van der Waals surface area (Å²) in [6, 6.07) is 25.6. The van der Waals surface area contributed by atoms with Crippen molar-refractivity contribution in [2.45, 2.75) is 6.92 Å². The highest BCUT2D eigenvalue weighted by Gasteiger charge is 2.15. The molecule has 0 saturated carbocycles. The molecule has 7 nitrogen and oxygen atoms in total. The van der Waals surface area contributed by atoms with Crippen molar-refractivity contribution in [1.29, 1.82) is 0 Å². The van der Waals surface area contributed by atoms with Crippen molar-refractivity contribution in [3.63, 3.8) is 0 Å². The first kappa shape index (κ1) is 20.2. The second kappa shape index (κ2) is 9.19. The molecule has 1 heterocycles. The molecule has 31 heavy (non-hydrogen) atoms. The van der Waals surface area contributed by atoms with Gasteiger partial charge >= 0.3 is 0 Å². The van der Waals surface area contributed by atoms with Gasteiger partial charge in [0.1, 0.15) is 0 Å². The molecule has 2 amide bonds. The topological polar surface area (TPSA) is 88.4 Å². The third-order valence-electron chi connectivity index (χ3n) is 4.35. The van der Waals surface area contributed by atoms with Crippen LogP contribution in [0.25, 0.3) is 5.69 Å². The van der Waals surface area contributed by atoms with Gasteiger partial charge in [0.05, 0.1) is 5.69 Å². The maximum absolute atomic E-state index is 12.7. The summed E-state index contributed by atoms with van der Waals surface area (Å²) in [6.07, 6.45) is 0. The highest BCUT2D eigenvalue weighted by Crippen LogP contribution is 2.12. The molecule has 154 valence electrons. The smallest absolute Gasteiger partial charge is 0.286 e. The zero-order chi connectivity index (χ0) is 21.6. The van der Waals surface area contributed by atoms with Crippen molar-refractivity contribution in [3.8, 4) is 5.69 Å². The second-order valence-corrected chi connectivity index (χ2v) is 7.63. The van der Waals surface area contributed by atoms with Crippen LogP contribution in [0.5, 0.6) is 0 Å². The summed E-state index contributed by atoms with van der Waals surface area (Å²) in [4.78, 5) is 25.5. The molecule has 1 aromatic heterocycles. The molecule has 3 aromatic carbocycles. The quantitative estimate of drug-likeness (QED) is 0.474. The lowest BCUT2D eigenvalue weighted by atomic mass is 10.2. The molecule has 0 radical (unpaired) electrons. The number of para-hydroxylation sites is 1. The van der Waals surface area contributed by atoms with E-state index in [1.54, 1.807) is 36.4 Å². The molecular formula is C23H19N5O2S. The fourth-order valence-electron chi connectivity index (χ4n) is 2.76. The van der Waals surface area contributed by atoms with Gasteiger partial charge in [-0.05, 0) is 43.3 Å². The monoisotopic (exact) mass is 429 g/mol. The van der Waals surface area contributed by atoms with E-state index < -0.39 is 0 Å². The van der Waals surface area contributed by atoms with Gasteiger partial charge in [0.25, 0.3) is 11.8 Å². The number of anilines is 1. The number of benzene rings is 3. The maximum atomic E-state index is 12.7. The Labute approximate surface area is 182 Å². The molecule has 0 fully saturated rings. The Hall–Kier alpha value is -4.04. The first-order valence-corrected chi connectivity index (χ1v) is 10.3. The normalized spacial score (nSPS) is 11.2. The van der Waals surface area contributed by atoms with Crippen molar-refractivity contribution < 1.29 is 9.59 Å². The van der Waals surface area contributed by atoms with Crippen LogP contribution in [-0.2, 0) is 0 Å². The van der Waals surface area contributed by atoms with Crippen molar-refractivity contribution in [3.05, 3.63) is 106 Å². The Morgan fingerprint density at radius 3 is 2.19 bits per heavy atom. The first-order valence-electron chi connectivity index (χ1n) is 9.53. The minimum Gasteiger partial charge on any atom is -0.320 e. The third-order valence-corrected chi connectivity index (χ3v) is 5.26. The van der Waals surface area contributed by atoms with Crippen LogP contribution in [0.1, 0.15) is 25.7 Å². The van der Waals surface area contributed by atoms with Crippen LogP contribution in [-0.4, -0.2) is 21.6 Å². The van der Waals surface area contributed by atoms with E-state index in [4.69, 9.17) is 0 Å². The van der Waals surface area contributed by atoms with Crippen LogP contribution in [0.3, 0.4) is 0 Å². The number of amides is 2. The molecule has 4 aromatic rings. The lowest BCUT2D eigenvalue weighted by Gasteiger charge is -2.03. The van der Waals surface area contributed by atoms with E-state index >= 15 is 0 Å². The molecule has 0 spiro atoms. The highest BCUT2D eigenvalue weighted by molar-refractivity contribution is 7.11. The molecule has 0 aliphatic carbocycles. The molecule has 0 atom stereocenters. The van der Waals surface area contributed by atoms with Crippen molar-refractivity contribution >= 4 is 28.8 Å². The number of aromatic nitrogens is 2. The van der Waals surface area contributed by atoms with Crippen molar-refractivity contribution in [2.75, 3.05) is 5.32 Å². The predicted octanol–water partition coefficient (Wildman–Crippen LogP) is 3.74. The minimum atomic E-state index is -0.354. The number of rotatable bonds is 5. The molecule has 4 rings (SSSR count). The van der Waals surface area contributed by atoms with Gasteiger partial charge in [0, 0.05) is 11.3 Å². The molecule has 8 heteroatoms. The number of nitrogens with one attached hydrogen (secondary N) is 2. The average Bonchev–Trinajstić information content (AvgIpc) is 3.24. The van der Waals surface area contributed by atoms with E-state index in [1.807, 2.05) is 55.5 Å². The summed E-state index contributed by atoms with van der Waals surface area (Å²) >= 11 is 1.08. The largest absolute Gasteiger partial charge is 0.320 e. The van der Waals surface area contributed by atoms with Crippen LogP contribution in [0, 0.1) is 6.92 Å². The van der Waals surface area contributed by atoms with Gasteiger partial charge in [-0.3, -0.25) is 9.59 Å². The second-order valence-electron chi connectivity index (χ2n) is 6.68. The Balaban J connectivity index is 1.67. The van der Waals surface area contributed by atoms with E-state index in [9.17, 15) is 9.59 Å². The van der Waals surface area contributed by atoms with Gasteiger partial charge < -0.3 is 5.32 Å². The fourth-order valence-corrected chi connectivity index (χ4v) is 3.52. The predicted molar refractivity (Wildman–Crippen MR) is 120 cm³/mol. The van der Waals surface area contributed by atoms with Crippen LogP contribution in [0.4, 0.5) is 5.69 Å². The van der Waals surface area contributed by atoms with E-state index in [0.717, 1.165) is 22.6 Å². The molecule has 0 saturated heterocycles. The van der Waals surface area contributed by atoms with Crippen LogP contribution < -0.4 is 15.5 Å². The average molecular weight is 430 g/mol. The van der Waals surface area contributed by atoms with Gasteiger partial charge in [-0.2, -0.15) is 0 Å². The molecule has 0 unspecified atom stereocenters. The SMILES string of the molecule is Cc1ccc(-n2nc(C(=O)Nc3ccccc3)s/c2=N\NC(=O)c2ccccc2)cc1. The van der Waals surface area contributed by atoms with Crippen molar-refractivity contribution in [1.82, 2.24) is 15.2 Å². The number of carbonyl (C=O) groups excluding carboxylic acids is 2. The maximum Gasteiger partial charge on any atom is 0.286 e. The van der Waals surface area contributed by atoms with Gasteiger partial charge in [-0.1, -0.05) is 65.4 Å². The van der Waals surface area contributed by atoms with E-state index in [2.05, 4.69) is 20.9 Å². The highest BCUT2D eigenvalue weighted by atomic mass is 32.1. The lowest BCUT2D eigenvalue weighted by Crippen LogP contribution is -2.24. The first-order chi connectivity index (χ1) is 15.1. The summed E-state index contributed by atoms with van der Waals surface area (Å²) in [6.45, 7) is 1.99. The number of hydrogen-bond acceptors (Lipinski definition) is 5. The van der Waals surface area contributed by atoms with Crippen LogP contribution in [0.2, 0.25) is 0 Å². The summed E-state index contributed by atoms with van der Waals surface area (Å²) in [5.41, 5.74) is 5.52. The zero-order valence-corrected chi connectivity index (χ0v) is 17.5. The summed E-state index contributed by atoms with van der Waals surface area (Å²) in [5.74, 6) is -0.701. The zero-order valence-electron chi connectivity index (χ0n) is 16.6. The molecule has 2 N–H and O–H groups in total. The van der Waals surface area contributed by atoms with E-state index in [0.29, 0.717) is 16.1 Å². The van der Waals surface area contributed by atoms with E-state index in [-0.39, 0.29) is 16.8 Å². The molecular weight excluding hydrogens is 410 g/mol. The lowest BCUT2D eigenvalue weighted by molar-refractivity contribution is 0.0952. The van der Waals surface area contributed by atoms with Gasteiger partial charge in [-0.25, -0.2) is 10.1 Å². The van der Waals surface area contributed by atoms with Crippen molar-refractivity contribution in [2.24, 2.45) is 5.10 Å². The number of aryl methyl sites for hydroxylation is 1. The fraction of sp³-hybridized carbons (Fsp3) is 0.0435. The van der Waals surface area contributed by atoms with E-state index in [1.165, 1.54) is 4.68 Å². The number of carbonyl (C=O) groups is 2. The third kappa shape index (κ3) is 4.93. The standard InChI is InChI=1S/C23H19N5O2S/c1-16-12-14-19(15-13-16)28-23(26-25-20(29)17-8-4-2-5-9-17)31-22(27-28)21(30)24-18-10-6-3-7-11-18/h2-15H,1H3,(H,24,30)(H,25,29)/b26-23-. The number of nitrogens with zero attached hydrogens (tertiary/aromatic N) is 3. The van der Waals surface area contributed by atoms with Crippen LogP contribution >= 0.6 is 11.3 Å². The minimum absolute atomic E-state index is 0.220. The number of hydrogen-bond donors (Lipinski definition) is 2. The Kier molecular flexibility index (Phi) is 6.00. The molecule has 0 aliphatic rings. The summed E-state index contributed by atoms with van der Waals surface area (Å²) < 4.78 is 1.54. The summed E-state index contributed by atoms with van der Waals surface area (Å²) in [5, 5.41) is 11.7.